The van der Waals surface area contributed by atoms with Crippen LogP contribution in [0, 0.1) is 29.6 Å². The van der Waals surface area contributed by atoms with E-state index >= 15 is 0 Å². The first kappa shape index (κ1) is 44.8. The lowest BCUT2D eigenvalue weighted by Crippen LogP contribution is -2.59. The molecule has 3 saturated heterocycles. The Bertz CT molecular complexity index is 1100. The first-order valence-corrected chi connectivity index (χ1v) is 19.1. The highest BCUT2D eigenvalue weighted by Gasteiger charge is 2.46. The predicted octanol–water partition coefficient (Wildman–Crippen LogP) is 2.51. The van der Waals surface area contributed by atoms with Gasteiger partial charge in [-0.3, -0.25) is 9.59 Å². The lowest BCUT2D eigenvalue weighted by molar-refractivity contribution is -0.305. The highest BCUT2D eigenvalue weighted by atomic mass is 16.7. The zero-order chi connectivity index (χ0) is 38.7. The fourth-order valence-corrected chi connectivity index (χ4v) is 8.09. The van der Waals surface area contributed by atoms with Gasteiger partial charge in [0.05, 0.1) is 37.9 Å². The summed E-state index contributed by atoms with van der Waals surface area (Å²) in [5.41, 5.74) is 0. The smallest absolute Gasteiger partial charge is 0.308 e. The normalized spacial score (nSPS) is 42.2. The van der Waals surface area contributed by atoms with Crippen LogP contribution < -0.4 is 0 Å². The Hall–Kier alpha value is -1.59. The molecule has 3 aliphatic heterocycles. The van der Waals surface area contributed by atoms with Crippen LogP contribution >= 0.6 is 0 Å². The Morgan fingerprint density at radius 1 is 0.904 bits per heavy atom. The Labute approximate surface area is 310 Å². The molecule has 3 N–H and O–H groups in total. The molecule has 3 aliphatic rings. The molecule has 3 heterocycles. The summed E-state index contributed by atoms with van der Waals surface area (Å²) < 4.78 is 41.8. The summed E-state index contributed by atoms with van der Waals surface area (Å²) in [6.45, 7) is 9.78. The molecule has 9 unspecified atom stereocenters. The van der Waals surface area contributed by atoms with Gasteiger partial charge in [0.25, 0.3) is 0 Å². The Morgan fingerprint density at radius 2 is 1.60 bits per heavy atom. The van der Waals surface area contributed by atoms with E-state index in [2.05, 4.69) is 6.92 Å². The van der Waals surface area contributed by atoms with E-state index in [-0.39, 0.29) is 43.1 Å². The standard InChI is InChI=1S/C38H67NO13/c1-10-30-26(20-49-38-36(47-9)35(46-8)32(44)24(5)50-38)17-21(2)11-12-28(41)22(3)18-25(13-15-40)34(23(4)29(42)19-31(43)51-30)52-37-33(45)27(39(6)7)14-16-48-37/h15,21-27,29-30,32-38,42,44-45H,10-14,16-20H2,1-9H3/t21?,22-,23+,24?,25+,26-,27?,29-,30-,32?,33?,34-,35?,36?,37?,38?/m1/s1. The molecule has 3 rings (SSSR count). The highest BCUT2D eigenvalue weighted by molar-refractivity contribution is 5.80. The number of methoxy groups -OCH3 is 2. The second kappa shape index (κ2) is 21.5. The van der Waals surface area contributed by atoms with Crippen molar-refractivity contribution >= 4 is 18.0 Å². The van der Waals surface area contributed by atoms with Gasteiger partial charge in [0, 0.05) is 50.9 Å². The highest BCUT2D eigenvalue weighted by Crippen LogP contribution is 2.35. The molecule has 0 aromatic rings. The minimum atomic E-state index is -1.22. The van der Waals surface area contributed by atoms with Crippen LogP contribution in [0.25, 0.3) is 0 Å². The van der Waals surface area contributed by atoms with Crippen LogP contribution in [-0.2, 0) is 47.5 Å². The number of likely N-dealkylation sites (N-methyl/N-ethyl adjacent to an activating group) is 1. The SMILES string of the molecule is CC[C@H]1OC(=O)C[C@@H](O)[C@H](C)[C@@H](OC2OCCC(N(C)C)C2O)[C@@H](CC=O)C[C@@H](C)C(=O)CCC(C)C[C@@H]1COC1OC(C)C(O)C(OC)C1OC. The monoisotopic (exact) mass is 745 g/mol. The van der Waals surface area contributed by atoms with E-state index in [1.54, 1.807) is 13.8 Å². The fraction of sp³-hybridized carbons (Fsp3) is 0.921. The molecule has 16 atom stereocenters. The number of rotatable bonds is 11. The molecule has 0 radical (unpaired) electrons. The molecule has 14 heteroatoms. The van der Waals surface area contributed by atoms with Crippen molar-refractivity contribution in [3.63, 3.8) is 0 Å². The van der Waals surface area contributed by atoms with Crippen molar-refractivity contribution in [2.24, 2.45) is 29.6 Å². The van der Waals surface area contributed by atoms with Crippen molar-refractivity contribution in [2.75, 3.05) is 41.5 Å². The maximum atomic E-state index is 13.6. The summed E-state index contributed by atoms with van der Waals surface area (Å²) in [7, 11) is 6.72. The number of aliphatic hydroxyl groups excluding tert-OH is 3. The average molecular weight is 746 g/mol. The number of hydrogen-bond donors (Lipinski definition) is 3. The van der Waals surface area contributed by atoms with Crippen LogP contribution in [0.15, 0.2) is 0 Å². The maximum absolute atomic E-state index is 13.6. The van der Waals surface area contributed by atoms with E-state index in [9.17, 15) is 29.7 Å². The number of aldehydes is 1. The number of aliphatic hydroxyl groups is 3. The summed E-state index contributed by atoms with van der Waals surface area (Å²) in [5.74, 6) is -2.33. The van der Waals surface area contributed by atoms with Gasteiger partial charge in [0.1, 0.15) is 42.6 Å². The largest absolute Gasteiger partial charge is 0.462 e. The minimum Gasteiger partial charge on any atom is -0.462 e. The number of ether oxygens (including phenoxy) is 7. The van der Waals surface area contributed by atoms with Crippen LogP contribution in [0.4, 0.5) is 0 Å². The fourth-order valence-electron chi connectivity index (χ4n) is 8.09. The van der Waals surface area contributed by atoms with E-state index in [1.165, 1.54) is 14.2 Å². The van der Waals surface area contributed by atoms with Crippen molar-refractivity contribution < 1.29 is 62.9 Å². The van der Waals surface area contributed by atoms with Crippen molar-refractivity contribution in [2.45, 2.75) is 153 Å². The topological polar surface area (TPSA) is 180 Å². The van der Waals surface area contributed by atoms with Gasteiger partial charge < -0.3 is 58.2 Å². The number of carbonyl (C=O) groups is 3. The number of carbonyl (C=O) groups excluding carboxylic acids is 3. The molecule has 0 aliphatic carbocycles. The van der Waals surface area contributed by atoms with Crippen molar-refractivity contribution in [3.05, 3.63) is 0 Å². The van der Waals surface area contributed by atoms with E-state index < -0.39 is 85.1 Å². The van der Waals surface area contributed by atoms with Gasteiger partial charge in [0.2, 0.25) is 0 Å². The second-order valence-corrected chi connectivity index (χ2v) is 15.6. The van der Waals surface area contributed by atoms with E-state index in [1.807, 2.05) is 32.8 Å². The third-order valence-electron chi connectivity index (χ3n) is 11.5. The summed E-state index contributed by atoms with van der Waals surface area (Å²) in [5, 5.41) is 33.3. The van der Waals surface area contributed by atoms with Gasteiger partial charge in [-0.2, -0.15) is 0 Å². The van der Waals surface area contributed by atoms with Gasteiger partial charge >= 0.3 is 5.97 Å². The number of ketones is 1. The molecule has 14 nitrogen and oxygen atoms in total. The molecule has 0 aromatic carbocycles. The molecule has 3 fully saturated rings. The molecule has 52 heavy (non-hydrogen) atoms. The van der Waals surface area contributed by atoms with Gasteiger partial charge in [-0.05, 0) is 65.0 Å². The van der Waals surface area contributed by atoms with Gasteiger partial charge in [-0.1, -0.05) is 27.7 Å². The molecule has 302 valence electrons. The lowest BCUT2D eigenvalue weighted by atomic mass is 9.79. The van der Waals surface area contributed by atoms with Gasteiger partial charge in [0.15, 0.2) is 12.6 Å². The number of nitrogens with zero attached hydrogens (tertiary/aromatic N) is 1. The predicted molar refractivity (Wildman–Crippen MR) is 190 cm³/mol. The van der Waals surface area contributed by atoms with Crippen LogP contribution in [0.5, 0.6) is 0 Å². The van der Waals surface area contributed by atoms with Crippen LogP contribution in [-0.4, -0.2) is 147 Å². The molecular formula is C38H67NO13. The molecule has 0 bridgehead atoms. The summed E-state index contributed by atoms with van der Waals surface area (Å²) in [6, 6.07) is -0.225. The first-order valence-electron chi connectivity index (χ1n) is 19.1. The Morgan fingerprint density at radius 3 is 2.21 bits per heavy atom. The number of esters is 1. The Balaban J connectivity index is 1.88. The van der Waals surface area contributed by atoms with Crippen LogP contribution in [0.3, 0.4) is 0 Å². The molecule has 0 spiro atoms. The van der Waals surface area contributed by atoms with E-state index in [0.29, 0.717) is 45.1 Å². The molecule has 0 aromatic heterocycles. The molecule has 0 amide bonds. The zero-order valence-electron chi connectivity index (χ0n) is 32.8. The molecular weight excluding hydrogens is 678 g/mol. The maximum Gasteiger partial charge on any atom is 0.308 e. The van der Waals surface area contributed by atoms with Crippen molar-refractivity contribution in [1.82, 2.24) is 4.90 Å². The average Bonchev–Trinajstić information content (AvgIpc) is 3.10. The zero-order valence-corrected chi connectivity index (χ0v) is 32.8. The first-order chi connectivity index (χ1) is 24.7. The third-order valence-corrected chi connectivity index (χ3v) is 11.5. The van der Waals surface area contributed by atoms with Gasteiger partial charge in [-0.15, -0.1) is 0 Å². The number of cyclic esters (lactones) is 1. The number of Topliss-reactive ketones (excluding diaryl/α,β-unsaturated/α-hetero) is 1. The summed E-state index contributed by atoms with van der Waals surface area (Å²) in [4.78, 5) is 41.0. The van der Waals surface area contributed by atoms with Crippen molar-refractivity contribution in [3.8, 4) is 0 Å². The van der Waals surface area contributed by atoms with E-state index in [4.69, 9.17) is 33.2 Å². The lowest BCUT2D eigenvalue weighted by Gasteiger charge is -2.43. The summed E-state index contributed by atoms with van der Waals surface area (Å²) >= 11 is 0. The summed E-state index contributed by atoms with van der Waals surface area (Å²) in [6.07, 6.45) is -4.93. The van der Waals surface area contributed by atoms with Crippen LogP contribution in [0.1, 0.15) is 86.0 Å². The quantitative estimate of drug-likeness (QED) is 0.208. The van der Waals surface area contributed by atoms with Crippen molar-refractivity contribution in [1.29, 1.82) is 0 Å². The van der Waals surface area contributed by atoms with E-state index in [0.717, 1.165) is 6.29 Å². The number of hydrogen-bond acceptors (Lipinski definition) is 14. The third kappa shape index (κ3) is 12.0. The Kier molecular flexibility index (Phi) is 18.5. The van der Waals surface area contributed by atoms with Crippen LogP contribution in [0.2, 0.25) is 0 Å². The molecule has 0 saturated carbocycles. The minimum absolute atomic E-state index is 0.0606. The van der Waals surface area contributed by atoms with Gasteiger partial charge in [-0.25, -0.2) is 0 Å². The second-order valence-electron chi connectivity index (χ2n) is 15.6.